The molecule has 0 saturated heterocycles. The molecular formula is C9H9N3S2. The number of nitrogens with two attached hydrogens (primary N) is 1. The van der Waals surface area contributed by atoms with Gasteiger partial charge in [0.05, 0.1) is 0 Å². The minimum Gasteiger partial charge on any atom is -0.399 e. The monoisotopic (exact) mass is 223 g/mol. The summed E-state index contributed by atoms with van der Waals surface area (Å²) in [6, 6.07) is 5.87. The van der Waals surface area contributed by atoms with E-state index < -0.39 is 0 Å². The number of hydrogen-bond acceptors (Lipinski definition) is 5. The van der Waals surface area contributed by atoms with E-state index in [0.717, 1.165) is 14.9 Å². The molecule has 0 atom stereocenters. The summed E-state index contributed by atoms with van der Waals surface area (Å²) in [5.41, 5.74) is 9.42. The van der Waals surface area contributed by atoms with Crippen LogP contribution in [0, 0.1) is 6.92 Å². The van der Waals surface area contributed by atoms with Gasteiger partial charge in [-0.2, -0.15) is 0 Å². The van der Waals surface area contributed by atoms with Crippen molar-refractivity contribution in [3.8, 4) is 0 Å². The molecule has 0 spiro atoms. The molecule has 0 radical (unpaired) electrons. The minimum atomic E-state index is 0.780. The lowest BCUT2D eigenvalue weighted by Crippen LogP contribution is -1.86. The first-order valence-corrected chi connectivity index (χ1v) is 5.75. The van der Waals surface area contributed by atoms with Crippen LogP contribution < -0.4 is 5.73 Å². The highest BCUT2D eigenvalue weighted by molar-refractivity contribution is 8.01. The molecule has 0 bridgehead atoms. The normalized spacial score (nSPS) is 10.4. The lowest BCUT2D eigenvalue weighted by atomic mass is 10.2. The molecule has 14 heavy (non-hydrogen) atoms. The van der Waals surface area contributed by atoms with Gasteiger partial charge in [-0.1, -0.05) is 29.2 Å². The van der Waals surface area contributed by atoms with Crippen LogP contribution in [0.25, 0.3) is 0 Å². The van der Waals surface area contributed by atoms with Crippen molar-refractivity contribution in [3.63, 3.8) is 0 Å². The Morgan fingerprint density at radius 1 is 1.43 bits per heavy atom. The van der Waals surface area contributed by atoms with Crippen LogP contribution in [0.1, 0.15) is 5.56 Å². The van der Waals surface area contributed by atoms with Crippen LogP contribution >= 0.6 is 23.1 Å². The van der Waals surface area contributed by atoms with Crippen molar-refractivity contribution >= 4 is 28.8 Å². The molecule has 1 heterocycles. The third kappa shape index (κ3) is 2.05. The van der Waals surface area contributed by atoms with E-state index in [1.165, 1.54) is 16.9 Å². The molecule has 0 amide bonds. The van der Waals surface area contributed by atoms with Gasteiger partial charge < -0.3 is 5.73 Å². The van der Waals surface area contributed by atoms with Gasteiger partial charge in [0.15, 0.2) is 4.34 Å². The molecule has 0 saturated carbocycles. The van der Waals surface area contributed by atoms with Gasteiger partial charge in [-0.15, -0.1) is 10.2 Å². The molecule has 1 aromatic heterocycles. The molecule has 0 aliphatic heterocycles. The summed E-state index contributed by atoms with van der Waals surface area (Å²) in [4.78, 5) is 1.14. The van der Waals surface area contributed by atoms with E-state index in [1.807, 2.05) is 18.2 Å². The first-order valence-electron chi connectivity index (χ1n) is 4.06. The fourth-order valence-corrected chi connectivity index (χ4v) is 2.60. The summed E-state index contributed by atoms with van der Waals surface area (Å²) in [6.07, 6.45) is 0. The van der Waals surface area contributed by atoms with Gasteiger partial charge in [-0.25, -0.2) is 0 Å². The Hall–Kier alpha value is -1.07. The molecule has 0 aliphatic carbocycles. The Morgan fingerprint density at radius 2 is 2.29 bits per heavy atom. The summed E-state index contributed by atoms with van der Waals surface area (Å²) in [6.45, 7) is 2.06. The van der Waals surface area contributed by atoms with E-state index in [4.69, 9.17) is 5.73 Å². The van der Waals surface area contributed by atoms with Crippen molar-refractivity contribution < 1.29 is 0 Å². The highest BCUT2D eigenvalue weighted by Crippen LogP contribution is 2.31. The summed E-state index contributed by atoms with van der Waals surface area (Å²) in [5, 5.41) is 7.76. The predicted molar refractivity (Wildman–Crippen MR) is 59.6 cm³/mol. The fraction of sp³-hybridized carbons (Fsp3) is 0.111. The summed E-state index contributed by atoms with van der Waals surface area (Å²) >= 11 is 3.13. The van der Waals surface area contributed by atoms with Crippen LogP contribution in [0.5, 0.6) is 0 Å². The smallest absolute Gasteiger partial charge is 0.178 e. The number of hydrogen-bond donors (Lipinski definition) is 1. The van der Waals surface area contributed by atoms with Gasteiger partial charge >= 0.3 is 0 Å². The maximum atomic E-state index is 5.71. The van der Waals surface area contributed by atoms with Crippen molar-refractivity contribution in [3.05, 3.63) is 29.3 Å². The maximum absolute atomic E-state index is 5.71. The molecule has 5 heteroatoms. The standard InChI is InChI=1S/C9H9N3S2/c1-6-2-3-7(10)4-8(6)14-9-12-11-5-13-9/h2-5H,10H2,1H3. The van der Waals surface area contributed by atoms with Gasteiger partial charge in [0.25, 0.3) is 0 Å². The molecule has 0 unspecified atom stereocenters. The molecular weight excluding hydrogens is 214 g/mol. The van der Waals surface area contributed by atoms with E-state index >= 15 is 0 Å². The maximum Gasteiger partial charge on any atom is 0.178 e. The Labute approximate surface area is 90.4 Å². The lowest BCUT2D eigenvalue weighted by molar-refractivity contribution is 1.01. The van der Waals surface area contributed by atoms with Crippen LogP contribution in [0.15, 0.2) is 32.9 Å². The Bertz CT molecular complexity index is 426. The molecule has 2 rings (SSSR count). The molecule has 1 aromatic carbocycles. The molecule has 2 aromatic rings. The zero-order chi connectivity index (χ0) is 9.97. The van der Waals surface area contributed by atoms with E-state index in [-0.39, 0.29) is 0 Å². The van der Waals surface area contributed by atoms with Crippen LogP contribution in [0.2, 0.25) is 0 Å². The minimum absolute atomic E-state index is 0.780. The van der Waals surface area contributed by atoms with E-state index in [0.29, 0.717) is 0 Å². The zero-order valence-corrected chi connectivity index (χ0v) is 9.23. The average Bonchev–Trinajstić information content (AvgIpc) is 2.64. The number of rotatable bonds is 2. The highest BCUT2D eigenvalue weighted by atomic mass is 32.2. The van der Waals surface area contributed by atoms with Gasteiger partial charge in [0.2, 0.25) is 0 Å². The van der Waals surface area contributed by atoms with Crippen LogP contribution in [-0.2, 0) is 0 Å². The fourth-order valence-electron chi connectivity index (χ4n) is 1.03. The van der Waals surface area contributed by atoms with Crippen LogP contribution in [-0.4, -0.2) is 10.2 Å². The Morgan fingerprint density at radius 3 is 3.00 bits per heavy atom. The van der Waals surface area contributed by atoms with Gasteiger partial charge in [-0.05, 0) is 24.6 Å². The summed E-state index contributed by atoms with van der Waals surface area (Å²) in [5.74, 6) is 0. The number of aryl methyl sites for hydroxylation is 1. The number of benzene rings is 1. The highest BCUT2D eigenvalue weighted by Gasteiger charge is 2.03. The quantitative estimate of drug-likeness (QED) is 0.795. The number of nitrogen functional groups attached to an aromatic ring is 1. The van der Waals surface area contributed by atoms with Crippen molar-refractivity contribution in [2.24, 2.45) is 0 Å². The molecule has 2 N–H and O–H groups in total. The molecule has 3 nitrogen and oxygen atoms in total. The summed E-state index contributed by atoms with van der Waals surface area (Å²) in [7, 11) is 0. The van der Waals surface area contributed by atoms with E-state index in [2.05, 4.69) is 17.1 Å². The average molecular weight is 223 g/mol. The third-order valence-corrected chi connectivity index (χ3v) is 3.69. The second kappa shape index (κ2) is 3.98. The Kier molecular flexibility index (Phi) is 2.69. The first kappa shape index (κ1) is 9.48. The van der Waals surface area contributed by atoms with Crippen molar-refractivity contribution in [1.29, 1.82) is 0 Å². The van der Waals surface area contributed by atoms with Gasteiger partial charge in [-0.3, -0.25) is 0 Å². The molecule has 0 fully saturated rings. The predicted octanol–water partition coefficient (Wildman–Crippen LogP) is 2.58. The first-order chi connectivity index (χ1) is 6.75. The van der Waals surface area contributed by atoms with Crippen molar-refractivity contribution in [2.75, 3.05) is 5.73 Å². The van der Waals surface area contributed by atoms with Crippen molar-refractivity contribution in [1.82, 2.24) is 10.2 Å². The molecule has 0 aliphatic rings. The summed E-state index contributed by atoms with van der Waals surface area (Å²) < 4.78 is 0.943. The van der Waals surface area contributed by atoms with Crippen LogP contribution in [0.3, 0.4) is 0 Å². The van der Waals surface area contributed by atoms with E-state index in [1.54, 1.807) is 17.3 Å². The van der Waals surface area contributed by atoms with Crippen molar-refractivity contribution in [2.45, 2.75) is 16.2 Å². The lowest BCUT2D eigenvalue weighted by Gasteiger charge is -2.03. The largest absolute Gasteiger partial charge is 0.399 e. The van der Waals surface area contributed by atoms with E-state index in [9.17, 15) is 0 Å². The zero-order valence-electron chi connectivity index (χ0n) is 7.60. The number of nitrogens with zero attached hydrogens (tertiary/aromatic N) is 2. The SMILES string of the molecule is Cc1ccc(N)cc1Sc1nncs1. The Balaban J connectivity index is 2.28. The van der Waals surface area contributed by atoms with Gasteiger partial charge in [0, 0.05) is 10.6 Å². The number of anilines is 1. The van der Waals surface area contributed by atoms with Crippen LogP contribution in [0.4, 0.5) is 5.69 Å². The second-order valence-electron chi connectivity index (χ2n) is 2.83. The van der Waals surface area contributed by atoms with Gasteiger partial charge in [0.1, 0.15) is 5.51 Å². The second-order valence-corrected chi connectivity index (χ2v) is 4.95. The topological polar surface area (TPSA) is 51.8 Å². The molecule has 72 valence electrons. The third-order valence-electron chi connectivity index (χ3n) is 1.75. The number of aromatic nitrogens is 2.